The van der Waals surface area contributed by atoms with Crippen LogP contribution in [0.3, 0.4) is 0 Å². The first kappa shape index (κ1) is 14.8. The van der Waals surface area contributed by atoms with Gasteiger partial charge in [0.2, 0.25) is 0 Å². The third-order valence-electron chi connectivity index (χ3n) is 3.52. The molecular formula is C15H23N3O2. The number of hydrogen-bond donors (Lipinski definition) is 1. The van der Waals surface area contributed by atoms with Crippen LogP contribution in [-0.2, 0) is 4.74 Å². The molecule has 110 valence electrons. The summed E-state index contributed by atoms with van der Waals surface area (Å²) in [7, 11) is 1.70. The van der Waals surface area contributed by atoms with Crippen molar-refractivity contribution in [3.05, 3.63) is 23.4 Å². The number of nitrogens with zero attached hydrogens (tertiary/aromatic N) is 2. The van der Waals surface area contributed by atoms with Crippen LogP contribution in [0.4, 0.5) is 5.82 Å². The van der Waals surface area contributed by atoms with Crippen molar-refractivity contribution in [1.82, 2.24) is 9.88 Å². The summed E-state index contributed by atoms with van der Waals surface area (Å²) < 4.78 is 5.31. The highest BCUT2D eigenvalue weighted by atomic mass is 16.5. The molecule has 1 saturated heterocycles. The summed E-state index contributed by atoms with van der Waals surface area (Å²) in [6.45, 7) is 6.31. The van der Waals surface area contributed by atoms with Gasteiger partial charge < -0.3 is 15.0 Å². The molecule has 2 heterocycles. The van der Waals surface area contributed by atoms with Gasteiger partial charge in [-0.05, 0) is 31.9 Å². The number of rotatable bonds is 5. The van der Waals surface area contributed by atoms with Crippen LogP contribution in [0, 0.1) is 6.92 Å². The van der Waals surface area contributed by atoms with E-state index in [1.54, 1.807) is 7.11 Å². The maximum absolute atomic E-state index is 12.5. The molecule has 0 aliphatic carbocycles. The number of amides is 1. The van der Waals surface area contributed by atoms with Gasteiger partial charge in [0.05, 0.1) is 6.10 Å². The summed E-state index contributed by atoms with van der Waals surface area (Å²) in [6.07, 6.45) is 2.10. The fourth-order valence-corrected chi connectivity index (χ4v) is 2.42. The molecule has 0 radical (unpaired) electrons. The second-order valence-corrected chi connectivity index (χ2v) is 5.21. The van der Waals surface area contributed by atoms with E-state index in [9.17, 15) is 4.79 Å². The van der Waals surface area contributed by atoms with Crippen molar-refractivity contribution in [3.8, 4) is 0 Å². The van der Waals surface area contributed by atoms with Gasteiger partial charge in [-0.3, -0.25) is 4.79 Å². The van der Waals surface area contributed by atoms with Gasteiger partial charge in [0.1, 0.15) is 5.82 Å². The molecule has 1 fully saturated rings. The summed E-state index contributed by atoms with van der Waals surface area (Å²) in [5.41, 5.74) is 1.56. The predicted molar refractivity (Wildman–Crippen MR) is 79.1 cm³/mol. The van der Waals surface area contributed by atoms with E-state index in [4.69, 9.17) is 4.74 Å². The van der Waals surface area contributed by atoms with Crippen molar-refractivity contribution in [2.45, 2.75) is 32.8 Å². The topological polar surface area (TPSA) is 54.5 Å². The molecule has 1 unspecified atom stereocenters. The highest BCUT2D eigenvalue weighted by molar-refractivity contribution is 5.95. The van der Waals surface area contributed by atoms with Crippen LogP contribution >= 0.6 is 0 Å². The Bertz CT molecular complexity index is 476. The van der Waals surface area contributed by atoms with Crippen LogP contribution in [0.5, 0.6) is 0 Å². The molecule has 5 nitrogen and oxygen atoms in total. The largest absolute Gasteiger partial charge is 0.380 e. The smallest absolute Gasteiger partial charge is 0.254 e. The first-order valence-electron chi connectivity index (χ1n) is 7.18. The lowest BCUT2D eigenvalue weighted by molar-refractivity contribution is 0.0724. The van der Waals surface area contributed by atoms with Crippen LogP contribution in [0.2, 0.25) is 0 Å². The molecule has 1 N–H and O–H groups in total. The van der Waals surface area contributed by atoms with Crippen LogP contribution in [0.1, 0.15) is 35.8 Å². The van der Waals surface area contributed by atoms with Gasteiger partial charge in [0.25, 0.3) is 5.91 Å². The number of likely N-dealkylation sites (tertiary alicyclic amines) is 1. The van der Waals surface area contributed by atoms with Gasteiger partial charge in [0, 0.05) is 38.0 Å². The Balaban J connectivity index is 2.11. The van der Waals surface area contributed by atoms with Crippen molar-refractivity contribution < 1.29 is 9.53 Å². The minimum absolute atomic E-state index is 0.0644. The summed E-state index contributed by atoms with van der Waals surface area (Å²) in [5, 5.41) is 3.23. The van der Waals surface area contributed by atoms with Gasteiger partial charge in [0.15, 0.2) is 0 Å². The molecule has 1 aliphatic heterocycles. The maximum Gasteiger partial charge on any atom is 0.254 e. The Hall–Kier alpha value is -1.62. The lowest BCUT2D eigenvalue weighted by Gasteiger charge is -2.17. The zero-order chi connectivity index (χ0) is 14.5. The van der Waals surface area contributed by atoms with Gasteiger partial charge in [-0.15, -0.1) is 0 Å². The Kier molecular flexibility index (Phi) is 4.95. The normalized spacial score (nSPS) is 18.4. The van der Waals surface area contributed by atoms with Crippen molar-refractivity contribution in [2.75, 3.05) is 32.1 Å². The maximum atomic E-state index is 12.5. The molecule has 1 aromatic heterocycles. The van der Waals surface area contributed by atoms with Crippen molar-refractivity contribution in [3.63, 3.8) is 0 Å². The minimum atomic E-state index is 0.0644. The summed E-state index contributed by atoms with van der Waals surface area (Å²) in [4.78, 5) is 18.8. The average molecular weight is 277 g/mol. The fourth-order valence-electron chi connectivity index (χ4n) is 2.42. The fraction of sp³-hybridized carbons (Fsp3) is 0.600. The summed E-state index contributed by atoms with van der Waals surface area (Å²) >= 11 is 0. The average Bonchev–Trinajstić information content (AvgIpc) is 2.92. The second kappa shape index (κ2) is 6.70. The molecule has 0 saturated carbocycles. The van der Waals surface area contributed by atoms with E-state index in [0.717, 1.165) is 37.4 Å². The number of pyridine rings is 1. The van der Waals surface area contributed by atoms with Gasteiger partial charge >= 0.3 is 0 Å². The molecule has 0 bridgehead atoms. The van der Waals surface area contributed by atoms with E-state index in [1.807, 2.05) is 24.0 Å². The molecule has 2 rings (SSSR count). The SMILES string of the molecule is CCCNc1cc(C(=O)N2CCC(OC)C2)cc(C)n1. The Labute approximate surface area is 120 Å². The van der Waals surface area contributed by atoms with E-state index in [0.29, 0.717) is 12.1 Å². The van der Waals surface area contributed by atoms with Gasteiger partial charge in [-0.2, -0.15) is 0 Å². The number of hydrogen-bond acceptors (Lipinski definition) is 4. The molecular weight excluding hydrogens is 254 g/mol. The number of carbonyl (C=O) groups is 1. The highest BCUT2D eigenvalue weighted by Crippen LogP contribution is 2.18. The molecule has 20 heavy (non-hydrogen) atoms. The predicted octanol–water partition coefficient (Wildman–Crippen LogP) is 2.07. The Morgan fingerprint density at radius 1 is 1.55 bits per heavy atom. The zero-order valence-electron chi connectivity index (χ0n) is 12.5. The van der Waals surface area contributed by atoms with E-state index < -0.39 is 0 Å². The van der Waals surface area contributed by atoms with E-state index in [2.05, 4.69) is 17.2 Å². The molecule has 1 aliphatic rings. The van der Waals surface area contributed by atoms with Crippen molar-refractivity contribution in [2.24, 2.45) is 0 Å². The number of anilines is 1. The number of nitrogens with one attached hydrogen (secondary N) is 1. The number of carbonyl (C=O) groups excluding carboxylic acids is 1. The quantitative estimate of drug-likeness (QED) is 0.895. The van der Waals surface area contributed by atoms with Gasteiger partial charge in [-0.1, -0.05) is 6.92 Å². The van der Waals surface area contributed by atoms with Crippen molar-refractivity contribution >= 4 is 11.7 Å². The minimum Gasteiger partial charge on any atom is -0.380 e. The van der Waals surface area contributed by atoms with Crippen LogP contribution < -0.4 is 5.32 Å². The molecule has 1 atom stereocenters. The summed E-state index contributed by atoms with van der Waals surface area (Å²) in [5.74, 6) is 0.840. The standard InChI is InChI=1S/C15H23N3O2/c1-4-6-16-14-9-12(8-11(2)17-14)15(19)18-7-5-13(10-18)20-3/h8-9,13H,4-7,10H2,1-3H3,(H,16,17). The number of aromatic nitrogens is 1. The monoisotopic (exact) mass is 277 g/mol. The van der Waals surface area contributed by atoms with Crippen LogP contribution in [0.25, 0.3) is 0 Å². The third kappa shape index (κ3) is 3.48. The van der Waals surface area contributed by atoms with Crippen LogP contribution in [0.15, 0.2) is 12.1 Å². The first-order valence-corrected chi connectivity index (χ1v) is 7.18. The first-order chi connectivity index (χ1) is 9.63. The molecule has 5 heteroatoms. The van der Waals surface area contributed by atoms with E-state index in [-0.39, 0.29) is 12.0 Å². The molecule has 1 amide bonds. The molecule has 1 aromatic rings. The Morgan fingerprint density at radius 3 is 3.00 bits per heavy atom. The Morgan fingerprint density at radius 2 is 2.35 bits per heavy atom. The van der Waals surface area contributed by atoms with E-state index in [1.165, 1.54) is 0 Å². The lowest BCUT2D eigenvalue weighted by atomic mass is 10.2. The van der Waals surface area contributed by atoms with E-state index >= 15 is 0 Å². The lowest BCUT2D eigenvalue weighted by Crippen LogP contribution is -2.30. The number of ether oxygens (including phenoxy) is 1. The van der Waals surface area contributed by atoms with Crippen molar-refractivity contribution in [1.29, 1.82) is 0 Å². The number of methoxy groups -OCH3 is 1. The third-order valence-corrected chi connectivity index (χ3v) is 3.52. The van der Waals surface area contributed by atoms with Crippen LogP contribution in [-0.4, -0.2) is 48.6 Å². The highest BCUT2D eigenvalue weighted by Gasteiger charge is 2.27. The van der Waals surface area contributed by atoms with Gasteiger partial charge in [-0.25, -0.2) is 4.98 Å². The second-order valence-electron chi connectivity index (χ2n) is 5.21. The zero-order valence-corrected chi connectivity index (χ0v) is 12.5. The molecule has 0 aromatic carbocycles. The number of aryl methyl sites for hydroxylation is 1. The molecule has 0 spiro atoms. The summed E-state index contributed by atoms with van der Waals surface area (Å²) in [6, 6.07) is 3.69.